The van der Waals surface area contributed by atoms with Crippen molar-refractivity contribution in [2.24, 2.45) is 5.73 Å². The Balaban J connectivity index is 1.21. The van der Waals surface area contributed by atoms with Gasteiger partial charge < -0.3 is 47.1 Å². The Bertz CT molecular complexity index is 1970. The van der Waals surface area contributed by atoms with Gasteiger partial charge in [0.05, 0.1) is 12.6 Å². The lowest BCUT2D eigenvalue weighted by Gasteiger charge is -2.29. The molecule has 1 fully saturated rings. The molecule has 0 aliphatic carbocycles. The molecule has 0 bridgehead atoms. The third-order valence-electron chi connectivity index (χ3n) is 9.65. The summed E-state index contributed by atoms with van der Waals surface area (Å²) in [6.07, 6.45) is 2.79. The van der Waals surface area contributed by atoms with E-state index >= 15 is 0 Å². The van der Waals surface area contributed by atoms with Crippen molar-refractivity contribution in [3.63, 3.8) is 0 Å². The summed E-state index contributed by atoms with van der Waals surface area (Å²) in [6, 6.07) is 18.2. The van der Waals surface area contributed by atoms with Crippen molar-refractivity contribution in [3.8, 4) is 0 Å². The topological polar surface area (TPSA) is 236 Å². The molecule has 9 N–H and O–H groups in total. The number of likely N-dealkylation sites (tertiary alicyclic amines) is 1. The number of nitrogens with two attached hydrogens (primary N) is 1. The van der Waals surface area contributed by atoms with Gasteiger partial charge in [-0.25, -0.2) is 4.79 Å². The van der Waals surface area contributed by atoms with Crippen molar-refractivity contribution in [2.45, 2.75) is 75.3 Å². The number of amides is 5. The molecule has 290 valence electrons. The first-order valence-corrected chi connectivity index (χ1v) is 18.2. The summed E-state index contributed by atoms with van der Waals surface area (Å²) in [6.45, 7) is 0.896. The van der Waals surface area contributed by atoms with Gasteiger partial charge in [-0.1, -0.05) is 78.9 Å². The number of para-hydroxylation sites is 1. The maximum atomic E-state index is 13.7. The number of nitrogens with one attached hydrogen (secondary N) is 5. The highest BCUT2D eigenvalue weighted by atomic mass is 16.4. The Kier molecular flexibility index (Phi) is 13.7. The SMILES string of the molecule is C[C@H](NC(=O)[C@H](Cc1ccccc1)NC(=O)[C@H](CO)NC(=O)[C@@H](N)Cc1c[nH]c2ccccc12)C(=O)N1CCC[C@H]1C(=O)N[C@@H](Cc1ccccc1)C(=O)O. The molecule has 15 nitrogen and oxygen atoms in total. The van der Waals surface area contributed by atoms with Crippen LogP contribution in [0.25, 0.3) is 10.9 Å². The summed E-state index contributed by atoms with van der Waals surface area (Å²) in [5, 5.41) is 31.1. The zero-order chi connectivity index (χ0) is 39.5. The molecule has 5 rings (SSSR count). The van der Waals surface area contributed by atoms with E-state index < -0.39 is 78.4 Å². The van der Waals surface area contributed by atoms with Crippen LogP contribution in [0.1, 0.15) is 36.5 Å². The first kappa shape index (κ1) is 40.1. The fourth-order valence-corrected chi connectivity index (χ4v) is 6.68. The minimum absolute atomic E-state index is 0.0121. The zero-order valence-electron chi connectivity index (χ0n) is 30.4. The van der Waals surface area contributed by atoms with Crippen LogP contribution in [0.3, 0.4) is 0 Å². The van der Waals surface area contributed by atoms with Crippen LogP contribution in [0.4, 0.5) is 0 Å². The Morgan fingerprint density at radius 3 is 1.98 bits per heavy atom. The lowest BCUT2D eigenvalue weighted by Crippen LogP contribution is -2.59. The number of carbonyl (C=O) groups is 6. The van der Waals surface area contributed by atoms with Crippen molar-refractivity contribution in [1.82, 2.24) is 31.2 Å². The number of aliphatic hydroxyl groups excluding tert-OH is 1. The number of carboxylic acid groups (broad SMARTS) is 1. The number of aliphatic hydroxyl groups is 1. The fourth-order valence-electron chi connectivity index (χ4n) is 6.68. The molecule has 6 atom stereocenters. The molecule has 0 spiro atoms. The predicted octanol–water partition coefficient (Wildman–Crippen LogP) is 0.550. The predicted molar refractivity (Wildman–Crippen MR) is 203 cm³/mol. The molecule has 0 unspecified atom stereocenters. The molecule has 0 radical (unpaired) electrons. The van der Waals surface area contributed by atoms with Gasteiger partial charge in [0.25, 0.3) is 0 Å². The number of carbonyl (C=O) groups excluding carboxylic acids is 5. The van der Waals surface area contributed by atoms with Crippen LogP contribution in [0.5, 0.6) is 0 Å². The van der Waals surface area contributed by atoms with E-state index in [9.17, 15) is 39.0 Å². The van der Waals surface area contributed by atoms with Crippen LogP contribution >= 0.6 is 0 Å². The third-order valence-corrected chi connectivity index (χ3v) is 9.65. The number of aliphatic carboxylic acids is 1. The number of carboxylic acids is 1. The molecule has 4 aromatic rings. The normalized spacial score (nSPS) is 16.6. The molecular formula is C40H47N7O8. The van der Waals surface area contributed by atoms with E-state index in [0.29, 0.717) is 18.4 Å². The fraction of sp³-hybridized carbons (Fsp3) is 0.350. The summed E-state index contributed by atoms with van der Waals surface area (Å²) in [5.41, 5.74) is 9.29. The van der Waals surface area contributed by atoms with Crippen molar-refractivity contribution in [2.75, 3.05) is 13.2 Å². The van der Waals surface area contributed by atoms with Crippen molar-refractivity contribution >= 4 is 46.4 Å². The summed E-state index contributed by atoms with van der Waals surface area (Å²) in [4.78, 5) is 83.7. The smallest absolute Gasteiger partial charge is 0.326 e. The average molecular weight is 754 g/mol. The number of hydrogen-bond donors (Lipinski definition) is 8. The van der Waals surface area contributed by atoms with E-state index in [0.717, 1.165) is 22.0 Å². The van der Waals surface area contributed by atoms with Gasteiger partial charge in [0, 0.05) is 36.5 Å². The highest BCUT2D eigenvalue weighted by molar-refractivity contribution is 5.97. The number of nitrogens with zero attached hydrogens (tertiary/aromatic N) is 1. The quantitative estimate of drug-likeness (QED) is 0.0751. The first-order valence-electron chi connectivity index (χ1n) is 18.2. The number of fused-ring (bicyclic) bond motifs is 1. The Morgan fingerprint density at radius 2 is 1.35 bits per heavy atom. The van der Waals surface area contributed by atoms with Crippen molar-refractivity contribution < 1.29 is 39.0 Å². The first-order chi connectivity index (χ1) is 26.4. The largest absolute Gasteiger partial charge is 0.480 e. The average Bonchev–Trinajstić information content (AvgIpc) is 3.84. The number of benzene rings is 3. The highest BCUT2D eigenvalue weighted by Crippen LogP contribution is 2.20. The lowest BCUT2D eigenvalue weighted by molar-refractivity contribution is -0.144. The van der Waals surface area contributed by atoms with Crippen LogP contribution < -0.4 is 27.0 Å². The van der Waals surface area contributed by atoms with Gasteiger partial charge in [-0.3, -0.25) is 24.0 Å². The summed E-state index contributed by atoms with van der Waals surface area (Å²) < 4.78 is 0. The Hall–Kier alpha value is -6.06. The van der Waals surface area contributed by atoms with Gasteiger partial charge in [0.15, 0.2) is 0 Å². The van der Waals surface area contributed by atoms with Crippen LogP contribution in [-0.4, -0.2) is 105 Å². The number of H-pyrrole nitrogens is 1. The van der Waals surface area contributed by atoms with E-state index in [2.05, 4.69) is 26.3 Å². The van der Waals surface area contributed by atoms with E-state index in [4.69, 9.17) is 5.73 Å². The maximum absolute atomic E-state index is 13.7. The van der Waals surface area contributed by atoms with Gasteiger partial charge in [0.1, 0.15) is 30.2 Å². The van der Waals surface area contributed by atoms with E-state index in [-0.39, 0.29) is 25.8 Å². The highest BCUT2D eigenvalue weighted by Gasteiger charge is 2.38. The van der Waals surface area contributed by atoms with Gasteiger partial charge in [-0.05, 0) is 48.9 Å². The van der Waals surface area contributed by atoms with Crippen LogP contribution in [0.2, 0.25) is 0 Å². The van der Waals surface area contributed by atoms with Gasteiger partial charge in [-0.2, -0.15) is 0 Å². The van der Waals surface area contributed by atoms with Crippen molar-refractivity contribution in [3.05, 3.63) is 108 Å². The molecule has 15 heteroatoms. The molecule has 2 heterocycles. The molecule has 5 amide bonds. The minimum Gasteiger partial charge on any atom is -0.480 e. The molecule has 1 aliphatic heterocycles. The van der Waals surface area contributed by atoms with Gasteiger partial charge in [-0.15, -0.1) is 0 Å². The number of aromatic amines is 1. The van der Waals surface area contributed by atoms with Gasteiger partial charge in [0.2, 0.25) is 29.5 Å². The molecule has 1 saturated heterocycles. The van der Waals surface area contributed by atoms with E-state index in [1.807, 2.05) is 24.3 Å². The maximum Gasteiger partial charge on any atom is 0.326 e. The zero-order valence-corrected chi connectivity index (χ0v) is 30.4. The molecular weight excluding hydrogens is 706 g/mol. The Morgan fingerprint density at radius 1 is 0.764 bits per heavy atom. The minimum atomic E-state index is -1.44. The summed E-state index contributed by atoms with van der Waals surface area (Å²) in [5.74, 6) is -4.62. The number of aromatic nitrogens is 1. The molecule has 0 saturated carbocycles. The van der Waals surface area contributed by atoms with Crippen molar-refractivity contribution in [1.29, 1.82) is 0 Å². The van der Waals surface area contributed by atoms with Crippen LogP contribution in [0.15, 0.2) is 91.1 Å². The summed E-state index contributed by atoms with van der Waals surface area (Å²) >= 11 is 0. The standard InChI is InChI=1S/C40H47N7O8/c1-24(39(53)47-18-10-17-34(47)38(52)45-32(40(54)55)20-26-13-6-3-7-14-26)43-36(50)31(19-25-11-4-2-5-12-25)44-37(51)33(23-48)46-35(49)29(41)21-27-22-42-30-16-9-8-15-28(27)30/h2-9,11-16,22,24,29,31-34,42,48H,10,17-21,23,41H2,1H3,(H,43,50)(H,44,51)(H,45,52)(H,46,49)(H,54,55)/t24-,29-,31-,32-,33-,34-/m0/s1. The Labute approximate surface area is 318 Å². The number of hydrogen-bond acceptors (Lipinski definition) is 8. The molecule has 1 aromatic heterocycles. The van der Waals surface area contributed by atoms with E-state index in [1.165, 1.54) is 11.8 Å². The number of rotatable bonds is 17. The monoisotopic (exact) mass is 753 g/mol. The second-order valence-corrected chi connectivity index (χ2v) is 13.7. The van der Waals surface area contributed by atoms with E-state index in [1.54, 1.807) is 66.9 Å². The van der Waals surface area contributed by atoms with Crippen LogP contribution in [-0.2, 0) is 48.0 Å². The second kappa shape index (κ2) is 18.8. The molecule has 1 aliphatic rings. The molecule has 55 heavy (non-hydrogen) atoms. The second-order valence-electron chi connectivity index (χ2n) is 13.7. The van der Waals surface area contributed by atoms with Gasteiger partial charge >= 0.3 is 5.97 Å². The van der Waals surface area contributed by atoms with Crippen LogP contribution in [0, 0.1) is 0 Å². The summed E-state index contributed by atoms with van der Waals surface area (Å²) in [7, 11) is 0. The third kappa shape index (κ3) is 10.5. The lowest BCUT2D eigenvalue weighted by atomic mass is 10.0. The molecule has 3 aromatic carbocycles.